The molecule has 0 spiro atoms. The Morgan fingerprint density at radius 3 is 2.78 bits per heavy atom. The third kappa shape index (κ3) is 2.02. The van der Waals surface area contributed by atoms with Crippen molar-refractivity contribution in [2.24, 2.45) is 17.3 Å². The molecule has 0 aliphatic heterocycles. The van der Waals surface area contributed by atoms with Gasteiger partial charge in [0.1, 0.15) is 11.5 Å². The normalized spacial score (nSPS) is 41.9. The van der Waals surface area contributed by atoms with Crippen LogP contribution >= 0.6 is 0 Å². The summed E-state index contributed by atoms with van der Waals surface area (Å²) in [5.41, 5.74) is 1.61. The van der Waals surface area contributed by atoms with Crippen LogP contribution in [0.4, 0.5) is 0 Å². The summed E-state index contributed by atoms with van der Waals surface area (Å²) < 4.78 is 5.36. The molecular formula is C20H26O3. The molecule has 4 rings (SSSR count). The van der Waals surface area contributed by atoms with E-state index in [1.54, 1.807) is 7.11 Å². The zero-order chi connectivity index (χ0) is 16.4. The van der Waals surface area contributed by atoms with Gasteiger partial charge >= 0.3 is 0 Å². The molecule has 0 aromatic heterocycles. The minimum Gasteiger partial charge on any atom is -0.497 e. The van der Waals surface area contributed by atoms with Gasteiger partial charge in [0.15, 0.2) is 0 Å². The molecule has 1 aromatic rings. The lowest BCUT2D eigenvalue weighted by molar-refractivity contribution is -0.135. The topological polar surface area (TPSA) is 46.5 Å². The third-order valence-electron chi connectivity index (χ3n) is 7.00. The van der Waals surface area contributed by atoms with Gasteiger partial charge in [-0.1, -0.05) is 13.0 Å². The fourth-order valence-electron chi connectivity index (χ4n) is 5.86. The Morgan fingerprint density at radius 2 is 2.04 bits per heavy atom. The van der Waals surface area contributed by atoms with Crippen LogP contribution in [0.5, 0.6) is 5.75 Å². The Kier molecular flexibility index (Phi) is 3.19. The van der Waals surface area contributed by atoms with Crippen molar-refractivity contribution in [2.45, 2.75) is 57.5 Å². The molecule has 2 saturated carbocycles. The fraction of sp³-hybridized carbons (Fsp3) is 0.650. The van der Waals surface area contributed by atoms with Crippen LogP contribution in [0, 0.1) is 17.3 Å². The van der Waals surface area contributed by atoms with E-state index >= 15 is 0 Å². The second-order valence-electron chi connectivity index (χ2n) is 8.26. The number of hydrogen-bond donors (Lipinski definition) is 1. The molecule has 0 heterocycles. The number of rotatable bonds is 1. The lowest BCUT2D eigenvalue weighted by Gasteiger charge is -2.54. The number of carbonyl (C=O) groups is 1. The van der Waals surface area contributed by atoms with Gasteiger partial charge in [0.2, 0.25) is 0 Å². The maximum atomic E-state index is 12.4. The first-order chi connectivity index (χ1) is 10.9. The molecule has 3 aliphatic carbocycles. The molecule has 3 aliphatic rings. The van der Waals surface area contributed by atoms with Gasteiger partial charge in [0, 0.05) is 18.3 Å². The number of Topliss-reactive ketones (excluding diaryl/α,β-unsaturated/α-hetero) is 1. The van der Waals surface area contributed by atoms with Gasteiger partial charge in [-0.05, 0) is 67.2 Å². The second-order valence-corrected chi connectivity index (χ2v) is 8.26. The number of aliphatic hydroxyl groups is 1. The summed E-state index contributed by atoms with van der Waals surface area (Å²) in [7, 11) is 1.68. The highest BCUT2D eigenvalue weighted by molar-refractivity contribution is 5.87. The van der Waals surface area contributed by atoms with E-state index in [0.717, 1.165) is 25.0 Å². The maximum absolute atomic E-state index is 12.4. The van der Waals surface area contributed by atoms with Crippen LogP contribution in [0.1, 0.15) is 56.6 Å². The van der Waals surface area contributed by atoms with Gasteiger partial charge < -0.3 is 9.84 Å². The molecule has 3 nitrogen and oxygen atoms in total. The van der Waals surface area contributed by atoms with Crippen molar-refractivity contribution in [3.63, 3.8) is 0 Å². The Balaban J connectivity index is 1.80. The Hall–Kier alpha value is -1.35. The molecule has 1 N–H and O–H groups in total. The summed E-state index contributed by atoms with van der Waals surface area (Å²) in [5, 5.41) is 11.3. The summed E-state index contributed by atoms with van der Waals surface area (Å²) >= 11 is 0. The SMILES string of the molecule is COc1ccc2c(c1)C[C@](C)(O)[C@@H]1[C@@H]2CC[C@]2(C)C(=O)CC[C@@H]12. The van der Waals surface area contributed by atoms with Crippen molar-refractivity contribution in [1.82, 2.24) is 0 Å². The van der Waals surface area contributed by atoms with Crippen LogP contribution < -0.4 is 4.74 Å². The first-order valence-electron chi connectivity index (χ1n) is 8.79. The number of ketones is 1. The van der Waals surface area contributed by atoms with Crippen LogP contribution in [0.25, 0.3) is 0 Å². The van der Waals surface area contributed by atoms with Gasteiger partial charge in [-0.3, -0.25) is 4.79 Å². The van der Waals surface area contributed by atoms with Crippen molar-refractivity contribution in [2.75, 3.05) is 7.11 Å². The van der Waals surface area contributed by atoms with Gasteiger partial charge in [0.25, 0.3) is 0 Å². The van der Waals surface area contributed by atoms with Gasteiger partial charge in [-0.25, -0.2) is 0 Å². The van der Waals surface area contributed by atoms with E-state index in [2.05, 4.69) is 19.1 Å². The van der Waals surface area contributed by atoms with Crippen molar-refractivity contribution < 1.29 is 14.6 Å². The lowest BCUT2D eigenvalue weighted by Crippen LogP contribution is -2.54. The van der Waals surface area contributed by atoms with Crippen LogP contribution in [0.15, 0.2) is 18.2 Å². The fourth-order valence-corrected chi connectivity index (χ4v) is 5.86. The summed E-state index contributed by atoms with van der Waals surface area (Å²) in [6, 6.07) is 6.29. The number of carbonyl (C=O) groups excluding carboxylic acids is 1. The first-order valence-corrected chi connectivity index (χ1v) is 8.79. The lowest BCUT2D eigenvalue weighted by atomic mass is 9.51. The number of hydrogen-bond acceptors (Lipinski definition) is 3. The van der Waals surface area contributed by atoms with E-state index < -0.39 is 5.60 Å². The monoisotopic (exact) mass is 314 g/mol. The summed E-state index contributed by atoms with van der Waals surface area (Å²) in [4.78, 5) is 12.4. The molecule has 0 radical (unpaired) electrons. The van der Waals surface area contributed by atoms with E-state index in [1.807, 2.05) is 13.0 Å². The standard InChI is InChI=1S/C20H26O3/c1-19-9-8-15-14-5-4-13(23-3)10-12(14)11-20(2,22)18(15)16(19)6-7-17(19)21/h4-5,10,15-16,18,22H,6-9,11H2,1-3H3/t15-,16+,18-,19+,20+/m1/s1. The van der Waals surface area contributed by atoms with Crippen LogP contribution in [-0.4, -0.2) is 23.6 Å². The van der Waals surface area contributed by atoms with Gasteiger partial charge in [-0.2, -0.15) is 0 Å². The van der Waals surface area contributed by atoms with Gasteiger partial charge in [0.05, 0.1) is 12.7 Å². The molecule has 0 amide bonds. The van der Waals surface area contributed by atoms with Crippen molar-refractivity contribution in [1.29, 1.82) is 0 Å². The molecule has 2 fully saturated rings. The Bertz CT molecular complexity index is 663. The summed E-state index contributed by atoms with van der Waals surface area (Å²) in [6.07, 6.45) is 4.24. The maximum Gasteiger partial charge on any atom is 0.139 e. The minimum absolute atomic E-state index is 0.189. The predicted molar refractivity (Wildman–Crippen MR) is 88.6 cm³/mol. The average molecular weight is 314 g/mol. The van der Waals surface area contributed by atoms with E-state index in [-0.39, 0.29) is 11.3 Å². The van der Waals surface area contributed by atoms with Crippen molar-refractivity contribution >= 4 is 5.78 Å². The number of benzene rings is 1. The number of fused-ring (bicyclic) bond motifs is 5. The minimum atomic E-state index is -0.749. The Labute approximate surface area is 138 Å². The van der Waals surface area contributed by atoms with Crippen LogP contribution in [0.3, 0.4) is 0 Å². The van der Waals surface area contributed by atoms with E-state index in [4.69, 9.17) is 4.74 Å². The highest BCUT2D eigenvalue weighted by atomic mass is 16.5. The molecule has 0 bridgehead atoms. The smallest absolute Gasteiger partial charge is 0.139 e. The highest BCUT2D eigenvalue weighted by Crippen LogP contribution is 2.61. The third-order valence-corrected chi connectivity index (χ3v) is 7.00. The van der Waals surface area contributed by atoms with E-state index in [1.165, 1.54) is 11.1 Å². The van der Waals surface area contributed by atoms with E-state index in [0.29, 0.717) is 30.5 Å². The second kappa shape index (κ2) is 4.83. The van der Waals surface area contributed by atoms with Gasteiger partial charge in [-0.15, -0.1) is 0 Å². The van der Waals surface area contributed by atoms with Crippen molar-refractivity contribution in [3.05, 3.63) is 29.3 Å². The largest absolute Gasteiger partial charge is 0.497 e. The molecule has 3 heteroatoms. The number of ether oxygens (including phenoxy) is 1. The molecule has 5 atom stereocenters. The average Bonchev–Trinajstić information content (AvgIpc) is 2.81. The zero-order valence-corrected chi connectivity index (χ0v) is 14.3. The summed E-state index contributed by atoms with van der Waals surface area (Å²) in [6.45, 7) is 4.12. The summed E-state index contributed by atoms with van der Waals surface area (Å²) in [5.74, 6) is 2.14. The molecule has 23 heavy (non-hydrogen) atoms. The van der Waals surface area contributed by atoms with Crippen LogP contribution in [-0.2, 0) is 11.2 Å². The van der Waals surface area contributed by atoms with E-state index in [9.17, 15) is 9.90 Å². The molecular weight excluding hydrogens is 288 g/mol. The first kappa shape index (κ1) is 15.2. The highest BCUT2D eigenvalue weighted by Gasteiger charge is 2.59. The van der Waals surface area contributed by atoms with Crippen LogP contribution in [0.2, 0.25) is 0 Å². The molecule has 1 aromatic carbocycles. The zero-order valence-electron chi connectivity index (χ0n) is 14.3. The quantitative estimate of drug-likeness (QED) is 0.863. The number of methoxy groups -OCH3 is 1. The van der Waals surface area contributed by atoms with Crippen molar-refractivity contribution in [3.8, 4) is 5.75 Å². The molecule has 124 valence electrons. The Morgan fingerprint density at radius 1 is 1.26 bits per heavy atom. The molecule has 0 unspecified atom stereocenters. The predicted octanol–water partition coefficient (Wildman–Crippen LogP) is 3.48. The molecule has 0 saturated heterocycles.